The van der Waals surface area contributed by atoms with Crippen LogP contribution in [0.15, 0.2) is 64.2 Å². The number of ether oxygens (including phenoxy) is 1. The van der Waals surface area contributed by atoms with E-state index in [1.165, 1.54) is 24.3 Å². The Bertz CT molecular complexity index is 949. The Balaban J connectivity index is 1.50. The molecule has 0 aliphatic carbocycles. The molecule has 0 bridgehead atoms. The van der Waals surface area contributed by atoms with E-state index in [1.807, 2.05) is 30.3 Å². The summed E-state index contributed by atoms with van der Waals surface area (Å²) in [4.78, 5) is 23.9. The molecule has 1 heterocycles. The van der Waals surface area contributed by atoms with Gasteiger partial charge in [-0.25, -0.2) is 0 Å². The highest BCUT2D eigenvalue weighted by atomic mass is 32.2. The first-order chi connectivity index (χ1) is 13.5. The van der Waals surface area contributed by atoms with E-state index in [9.17, 15) is 18.4 Å². The molecule has 2 amide bonds. The van der Waals surface area contributed by atoms with Crippen LogP contribution in [0.2, 0.25) is 0 Å². The summed E-state index contributed by atoms with van der Waals surface area (Å²) in [5.74, 6) is -1.11. The monoisotopic (exact) mass is 405 g/mol. The third kappa shape index (κ3) is 5.36. The molecule has 28 heavy (non-hydrogen) atoms. The van der Waals surface area contributed by atoms with Crippen molar-refractivity contribution in [3.8, 4) is 17.2 Å². The topological polar surface area (TPSA) is 94.3 Å². The number of carbonyl (C=O) groups excluding carboxylic acids is 2. The first kappa shape index (κ1) is 19.5. The van der Waals surface area contributed by atoms with Crippen molar-refractivity contribution in [1.82, 2.24) is 15.5 Å². The Morgan fingerprint density at radius 1 is 1.07 bits per heavy atom. The van der Waals surface area contributed by atoms with Gasteiger partial charge in [-0.15, -0.1) is 10.2 Å². The number of hydrogen-bond donors (Lipinski definition) is 1. The average Bonchev–Trinajstić information content (AvgIpc) is 3.16. The second-order valence-corrected chi connectivity index (χ2v) is 6.23. The molecule has 0 saturated heterocycles. The minimum Gasteiger partial charge on any atom is -0.435 e. The minimum absolute atomic E-state index is 0.0842. The Labute approximate surface area is 162 Å². The Morgan fingerprint density at radius 2 is 1.79 bits per heavy atom. The predicted molar refractivity (Wildman–Crippen MR) is 96.0 cm³/mol. The van der Waals surface area contributed by atoms with Crippen LogP contribution in [0.5, 0.6) is 5.75 Å². The number of imide groups is 1. The number of halogens is 2. The van der Waals surface area contributed by atoms with Gasteiger partial charge in [0.15, 0.2) is 0 Å². The average molecular weight is 405 g/mol. The van der Waals surface area contributed by atoms with Crippen molar-refractivity contribution in [3.63, 3.8) is 0 Å². The van der Waals surface area contributed by atoms with Crippen LogP contribution >= 0.6 is 11.8 Å². The molecular weight excluding hydrogens is 392 g/mol. The molecular formula is C18H13F2N3O4S. The third-order valence-electron chi connectivity index (χ3n) is 3.35. The van der Waals surface area contributed by atoms with Gasteiger partial charge in [0.25, 0.3) is 11.1 Å². The van der Waals surface area contributed by atoms with Crippen LogP contribution in [0.4, 0.5) is 8.78 Å². The van der Waals surface area contributed by atoms with E-state index in [1.54, 1.807) is 0 Å². The Hall–Kier alpha value is -3.27. The van der Waals surface area contributed by atoms with Gasteiger partial charge in [-0.05, 0) is 36.4 Å². The summed E-state index contributed by atoms with van der Waals surface area (Å²) in [6.07, 6.45) is 0. The van der Waals surface area contributed by atoms with Crippen molar-refractivity contribution in [2.24, 2.45) is 0 Å². The summed E-state index contributed by atoms with van der Waals surface area (Å²) in [6, 6.07) is 14.1. The van der Waals surface area contributed by atoms with Gasteiger partial charge in [0.1, 0.15) is 5.75 Å². The molecule has 0 saturated carbocycles. The maximum absolute atomic E-state index is 12.1. The molecule has 2 aromatic carbocycles. The van der Waals surface area contributed by atoms with E-state index >= 15 is 0 Å². The Morgan fingerprint density at radius 3 is 2.46 bits per heavy atom. The van der Waals surface area contributed by atoms with E-state index in [0.717, 1.165) is 17.3 Å². The van der Waals surface area contributed by atoms with Gasteiger partial charge in [0.05, 0.1) is 5.75 Å². The lowest BCUT2D eigenvalue weighted by molar-refractivity contribution is -0.117. The summed E-state index contributed by atoms with van der Waals surface area (Å²) in [5, 5.41) is 10.1. The maximum atomic E-state index is 12.1. The molecule has 0 fully saturated rings. The molecule has 0 spiro atoms. The quantitative estimate of drug-likeness (QED) is 0.602. The molecule has 3 aromatic rings. The standard InChI is InChI=1S/C18H13F2N3O4S/c19-17(20)26-13-8-6-11(7-9-13)15(25)21-14(24)10-28-18-23-22-16(27-18)12-4-2-1-3-5-12/h1-9,17H,10H2,(H,21,24,25). The molecule has 0 radical (unpaired) electrons. The fraction of sp³-hybridized carbons (Fsp3) is 0.111. The maximum Gasteiger partial charge on any atom is 0.387 e. The fourth-order valence-corrected chi connectivity index (χ4v) is 2.68. The highest BCUT2D eigenvalue weighted by molar-refractivity contribution is 7.99. The SMILES string of the molecule is O=C(CSc1nnc(-c2ccccc2)o1)NC(=O)c1ccc(OC(F)F)cc1. The normalized spacial score (nSPS) is 10.7. The second-order valence-electron chi connectivity index (χ2n) is 5.31. The number of rotatable bonds is 7. The molecule has 7 nitrogen and oxygen atoms in total. The van der Waals surface area contributed by atoms with E-state index in [0.29, 0.717) is 5.89 Å². The largest absolute Gasteiger partial charge is 0.435 e. The second kappa shape index (κ2) is 9.09. The van der Waals surface area contributed by atoms with Crippen molar-refractivity contribution in [3.05, 3.63) is 60.2 Å². The van der Waals surface area contributed by atoms with Crippen molar-refractivity contribution < 1.29 is 27.5 Å². The van der Waals surface area contributed by atoms with Crippen LogP contribution in [-0.2, 0) is 4.79 Å². The molecule has 10 heteroatoms. The minimum atomic E-state index is -2.95. The van der Waals surface area contributed by atoms with Gasteiger partial charge in [-0.1, -0.05) is 30.0 Å². The third-order valence-corrected chi connectivity index (χ3v) is 4.17. The van der Waals surface area contributed by atoms with E-state index in [-0.39, 0.29) is 22.3 Å². The van der Waals surface area contributed by atoms with Crippen molar-refractivity contribution in [1.29, 1.82) is 0 Å². The van der Waals surface area contributed by atoms with Crippen LogP contribution in [0, 0.1) is 0 Å². The molecule has 3 rings (SSSR count). The molecule has 0 aliphatic heterocycles. The first-order valence-electron chi connectivity index (χ1n) is 7.92. The van der Waals surface area contributed by atoms with Gasteiger partial charge < -0.3 is 9.15 Å². The van der Waals surface area contributed by atoms with E-state index in [2.05, 4.69) is 20.3 Å². The summed E-state index contributed by atoms with van der Waals surface area (Å²) >= 11 is 0.983. The van der Waals surface area contributed by atoms with Crippen LogP contribution in [0.1, 0.15) is 10.4 Å². The number of aromatic nitrogens is 2. The number of benzene rings is 2. The lowest BCUT2D eigenvalue weighted by Crippen LogP contribution is -2.31. The molecule has 144 valence electrons. The highest BCUT2D eigenvalue weighted by Crippen LogP contribution is 2.22. The zero-order valence-electron chi connectivity index (χ0n) is 14.2. The summed E-state index contributed by atoms with van der Waals surface area (Å²) < 4.78 is 33.9. The van der Waals surface area contributed by atoms with Gasteiger partial charge in [0, 0.05) is 11.1 Å². The smallest absolute Gasteiger partial charge is 0.387 e. The fourth-order valence-electron chi connectivity index (χ4n) is 2.12. The number of nitrogens with one attached hydrogen (secondary N) is 1. The number of amides is 2. The van der Waals surface area contributed by atoms with Crippen molar-refractivity contribution in [2.75, 3.05) is 5.75 Å². The Kier molecular flexibility index (Phi) is 6.33. The van der Waals surface area contributed by atoms with Crippen LogP contribution < -0.4 is 10.1 Å². The van der Waals surface area contributed by atoms with Gasteiger partial charge >= 0.3 is 6.61 Å². The number of carbonyl (C=O) groups is 2. The van der Waals surface area contributed by atoms with Gasteiger partial charge in [-0.2, -0.15) is 8.78 Å². The number of thioether (sulfide) groups is 1. The van der Waals surface area contributed by atoms with Crippen LogP contribution in [0.3, 0.4) is 0 Å². The van der Waals surface area contributed by atoms with Gasteiger partial charge in [0.2, 0.25) is 11.8 Å². The van der Waals surface area contributed by atoms with E-state index < -0.39 is 18.4 Å². The molecule has 0 aliphatic rings. The van der Waals surface area contributed by atoms with Crippen LogP contribution in [0.25, 0.3) is 11.5 Å². The molecule has 1 N–H and O–H groups in total. The molecule has 0 atom stereocenters. The zero-order chi connectivity index (χ0) is 19.9. The summed E-state index contributed by atoms with van der Waals surface area (Å²) in [6.45, 7) is -2.95. The first-order valence-corrected chi connectivity index (χ1v) is 8.90. The number of nitrogens with zero attached hydrogens (tertiary/aromatic N) is 2. The number of hydrogen-bond acceptors (Lipinski definition) is 7. The van der Waals surface area contributed by atoms with Crippen molar-refractivity contribution >= 4 is 23.6 Å². The molecule has 1 aromatic heterocycles. The van der Waals surface area contributed by atoms with Crippen LogP contribution in [-0.4, -0.2) is 34.4 Å². The van der Waals surface area contributed by atoms with Crippen molar-refractivity contribution in [2.45, 2.75) is 11.8 Å². The van der Waals surface area contributed by atoms with Gasteiger partial charge in [-0.3, -0.25) is 14.9 Å². The zero-order valence-corrected chi connectivity index (χ0v) is 15.0. The lowest BCUT2D eigenvalue weighted by atomic mass is 10.2. The predicted octanol–water partition coefficient (Wildman–Crippen LogP) is 3.39. The summed E-state index contributed by atoms with van der Waals surface area (Å²) in [5.41, 5.74) is 0.880. The highest BCUT2D eigenvalue weighted by Gasteiger charge is 2.14. The summed E-state index contributed by atoms with van der Waals surface area (Å²) in [7, 11) is 0. The number of alkyl halides is 2. The van der Waals surface area contributed by atoms with E-state index in [4.69, 9.17) is 4.42 Å². The lowest BCUT2D eigenvalue weighted by Gasteiger charge is -2.06. The molecule has 0 unspecified atom stereocenters.